The molecule has 0 radical (unpaired) electrons. The van der Waals surface area contributed by atoms with Gasteiger partial charge in [-0.2, -0.15) is 0 Å². The zero-order valence-electron chi connectivity index (χ0n) is 10.6. The SMILES string of the molecule is CN(CCO)C1C2(C)CCC(C2)C1(C)C. The maximum Gasteiger partial charge on any atom is 0.0558 e. The average Bonchev–Trinajstić information content (AvgIpc) is 2.55. The first-order valence-corrected chi connectivity index (χ1v) is 6.23. The Kier molecular flexibility index (Phi) is 2.63. The third-order valence-electron chi connectivity index (χ3n) is 5.09. The Morgan fingerprint density at radius 1 is 1.33 bits per heavy atom. The number of fused-ring (bicyclic) bond motifs is 2. The van der Waals surface area contributed by atoms with Gasteiger partial charge in [0.25, 0.3) is 0 Å². The Bertz CT molecular complexity index is 246. The van der Waals surface area contributed by atoms with Crippen molar-refractivity contribution < 1.29 is 5.11 Å². The van der Waals surface area contributed by atoms with Crippen molar-refractivity contribution in [2.75, 3.05) is 20.2 Å². The number of rotatable bonds is 3. The van der Waals surface area contributed by atoms with Crippen LogP contribution in [0.1, 0.15) is 40.0 Å². The van der Waals surface area contributed by atoms with Crippen LogP contribution in [-0.4, -0.2) is 36.2 Å². The molecule has 3 atom stereocenters. The van der Waals surface area contributed by atoms with Gasteiger partial charge in [-0.3, -0.25) is 0 Å². The van der Waals surface area contributed by atoms with Crippen LogP contribution in [0.5, 0.6) is 0 Å². The van der Waals surface area contributed by atoms with Gasteiger partial charge < -0.3 is 10.0 Å². The van der Waals surface area contributed by atoms with E-state index in [1.165, 1.54) is 19.3 Å². The van der Waals surface area contributed by atoms with Gasteiger partial charge in [0.2, 0.25) is 0 Å². The van der Waals surface area contributed by atoms with Crippen LogP contribution in [0, 0.1) is 16.7 Å². The van der Waals surface area contributed by atoms with Crippen molar-refractivity contribution in [3.05, 3.63) is 0 Å². The van der Waals surface area contributed by atoms with Gasteiger partial charge in [-0.25, -0.2) is 0 Å². The summed E-state index contributed by atoms with van der Waals surface area (Å²) in [6, 6.07) is 0.649. The number of aliphatic hydroxyl groups excluding tert-OH is 1. The Labute approximate surface area is 93.7 Å². The number of hydrogen-bond acceptors (Lipinski definition) is 2. The first kappa shape index (κ1) is 11.4. The van der Waals surface area contributed by atoms with Crippen molar-refractivity contribution in [2.24, 2.45) is 16.7 Å². The molecule has 3 unspecified atom stereocenters. The van der Waals surface area contributed by atoms with E-state index in [-0.39, 0.29) is 6.61 Å². The molecule has 2 rings (SSSR count). The topological polar surface area (TPSA) is 23.5 Å². The third kappa shape index (κ3) is 1.53. The van der Waals surface area contributed by atoms with Gasteiger partial charge in [-0.15, -0.1) is 0 Å². The van der Waals surface area contributed by atoms with Crippen LogP contribution in [0.2, 0.25) is 0 Å². The van der Waals surface area contributed by atoms with Gasteiger partial charge in [0.05, 0.1) is 6.61 Å². The summed E-state index contributed by atoms with van der Waals surface area (Å²) < 4.78 is 0. The molecule has 0 aliphatic heterocycles. The molecule has 0 aromatic rings. The maximum absolute atomic E-state index is 9.08. The maximum atomic E-state index is 9.08. The largest absolute Gasteiger partial charge is 0.395 e. The van der Waals surface area contributed by atoms with Gasteiger partial charge in [-0.05, 0) is 43.1 Å². The highest BCUT2D eigenvalue weighted by atomic mass is 16.3. The fourth-order valence-electron chi connectivity index (χ4n) is 4.66. The van der Waals surface area contributed by atoms with Gasteiger partial charge in [0.1, 0.15) is 0 Å². The summed E-state index contributed by atoms with van der Waals surface area (Å²) in [7, 11) is 2.18. The van der Waals surface area contributed by atoms with Crippen molar-refractivity contribution in [2.45, 2.75) is 46.1 Å². The molecule has 2 aliphatic rings. The van der Waals surface area contributed by atoms with Crippen LogP contribution >= 0.6 is 0 Å². The summed E-state index contributed by atoms with van der Waals surface area (Å²) in [4.78, 5) is 2.39. The minimum absolute atomic E-state index is 0.282. The fourth-order valence-corrected chi connectivity index (χ4v) is 4.66. The van der Waals surface area contributed by atoms with E-state index in [4.69, 9.17) is 5.11 Å². The molecule has 2 nitrogen and oxygen atoms in total. The second kappa shape index (κ2) is 3.46. The highest BCUT2D eigenvalue weighted by Crippen LogP contribution is 2.63. The molecule has 15 heavy (non-hydrogen) atoms. The summed E-state index contributed by atoms with van der Waals surface area (Å²) in [5, 5.41) is 9.08. The molecule has 0 aromatic carbocycles. The number of hydrogen-bond donors (Lipinski definition) is 1. The lowest BCUT2D eigenvalue weighted by Crippen LogP contribution is -2.51. The van der Waals surface area contributed by atoms with Crippen molar-refractivity contribution in [3.63, 3.8) is 0 Å². The molecule has 0 amide bonds. The van der Waals surface area contributed by atoms with Gasteiger partial charge in [-0.1, -0.05) is 20.8 Å². The van der Waals surface area contributed by atoms with Crippen molar-refractivity contribution in [1.82, 2.24) is 4.90 Å². The summed E-state index contributed by atoms with van der Waals surface area (Å²) >= 11 is 0. The van der Waals surface area contributed by atoms with Crippen molar-refractivity contribution in [3.8, 4) is 0 Å². The van der Waals surface area contributed by atoms with Crippen LogP contribution in [0.25, 0.3) is 0 Å². The van der Waals surface area contributed by atoms with Crippen LogP contribution in [0.3, 0.4) is 0 Å². The summed E-state index contributed by atoms with van der Waals surface area (Å²) in [6.07, 6.45) is 4.18. The molecule has 2 saturated carbocycles. The second-order valence-electron chi connectivity index (χ2n) is 6.52. The van der Waals surface area contributed by atoms with Crippen LogP contribution in [-0.2, 0) is 0 Å². The Balaban J connectivity index is 2.22. The summed E-state index contributed by atoms with van der Waals surface area (Å²) in [6.45, 7) is 8.38. The molecule has 2 fully saturated rings. The molecule has 2 heteroatoms. The van der Waals surface area contributed by atoms with E-state index >= 15 is 0 Å². The normalized spacial score (nSPS) is 42.8. The monoisotopic (exact) mass is 211 g/mol. The van der Waals surface area contributed by atoms with Crippen LogP contribution < -0.4 is 0 Å². The molecule has 1 N–H and O–H groups in total. The van der Waals surface area contributed by atoms with E-state index < -0.39 is 0 Å². The third-order valence-corrected chi connectivity index (χ3v) is 5.09. The quantitative estimate of drug-likeness (QED) is 0.773. The minimum Gasteiger partial charge on any atom is -0.395 e. The Morgan fingerprint density at radius 3 is 2.47 bits per heavy atom. The Morgan fingerprint density at radius 2 is 2.00 bits per heavy atom. The molecule has 0 spiro atoms. The first-order chi connectivity index (χ1) is 6.92. The van der Waals surface area contributed by atoms with Crippen LogP contribution in [0.15, 0.2) is 0 Å². The van der Waals surface area contributed by atoms with E-state index in [0.717, 1.165) is 12.5 Å². The highest BCUT2D eigenvalue weighted by molar-refractivity contribution is 5.12. The predicted octanol–water partition coefficient (Wildman–Crippen LogP) is 2.13. The van der Waals surface area contributed by atoms with Crippen molar-refractivity contribution >= 4 is 0 Å². The lowest BCUT2D eigenvalue weighted by Gasteiger charge is -2.47. The molecular weight excluding hydrogens is 186 g/mol. The standard InChI is InChI=1S/C13H25NO/c1-12(2)10-5-6-13(3,9-10)11(12)14(4)7-8-15/h10-11,15H,5-9H2,1-4H3. The smallest absolute Gasteiger partial charge is 0.0558 e. The average molecular weight is 211 g/mol. The zero-order chi connectivity index (χ0) is 11.3. The number of nitrogens with zero attached hydrogens (tertiary/aromatic N) is 1. The second-order valence-corrected chi connectivity index (χ2v) is 6.52. The predicted molar refractivity (Wildman–Crippen MR) is 62.7 cm³/mol. The van der Waals surface area contributed by atoms with Gasteiger partial charge in [0, 0.05) is 12.6 Å². The molecule has 0 saturated heterocycles. The van der Waals surface area contributed by atoms with Gasteiger partial charge in [0.15, 0.2) is 0 Å². The molecule has 88 valence electrons. The Hall–Kier alpha value is -0.0800. The summed E-state index contributed by atoms with van der Waals surface area (Å²) in [5.41, 5.74) is 0.926. The van der Waals surface area contributed by atoms with E-state index in [1.54, 1.807) is 0 Å². The van der Waals surface area contributed by atoms with E-state index in [1.807, 2.05) is 0 Å². The van der Waals surface area contributed by atoms with E-state index in [0.29, 0.717) is 16.9 Å². The zero-order valence-corrected chi connectivity index (χ0v) is 10.6. The molecule has 2 aliphatic carbocycles. The lowest BCUT2D eigenvalue weighted by molar-refractivity contribution is 0.0118. The number of likely N-dealkylation sites (N-methyl/N-ethyl adjacent to an activating group) is 1. The molecular formula is C13H25NO. The molecule has 0 heterocycles. The molecule has 0 aromatic heterocycles. The lowest BCUT2D eigenvalue weighted by atomic mass is 9.68. The van der Waals surface area contributed by atoms with E-state index in [9.17, 15) is 0 Å². The van der Waals surface area contributed by atoms with Crippen LogP contribution in [0.4, 0.5) is 0 Å². The van der Waals surface area contributed by atoms with Gasteiger partial charge >= 0.3 is 0 Å². The number of aliphatic hydroxyl groups is 1. The fraction of sp³-hybridized carbons (Fsp3) is 1.00. The highest BCUT2D eigenvalue weighted by Gasteiger charge is 2.60. The van der Waals surface area contributed by atoms with E-state index in [2.05, 4.69) is 32.7 Å². The first-order valence-electron chi connectivity index (χ1n) is 6.23. The summed E-state index contributed by atoms with van der Waals surface area (Å²) in [5.74, 6) is 0.897. The van der Waals surface area contributed by atoms with Crippen molar-refractivity contribution in [1.29, 1.82) is 0 Å². The molecule has 2 bridgehead atoms. The minimum atomic E-state index is 0.282.